The Bertz CT molecular complexity index is 410. The highest BCUT2D eigenvalue weighted by Crippen LogP contribution is 2.35. The Balaban J connectivity index is 2.67. The molecule has 108 valence electrons. The summed E-state index contributed by atoms with van der Waals surface area (Å²) in [5.74, 6) is 1.38. The van der Waals surface area contributed by atoms with Gasteiger partial charge in [0, 0.05) is 13.1 Å². The third-order valence-electron chi connectivity index (χ3n) is 2.95. The van der Waals surface area contributed by atoms with Gasteiger partial charge >= 0.3 is 0 Å². The quantitative estimate of drug-likeness (QED) is 0.809. The smallest absolute Gasteiger partial charge is 0.179 e. The minimum Gasteiger partial charge on any atom is -0.493 e. The molecule has 1 rings (SSSR count). The van der Waals surface area contributed by atoms with Crippen molar-refractivity contribution in [3.63, 3.8) is 0 Å². The molecule has 1 unspecified atom stereocenters. The maximum Gasteiger partial charge on any atom is 0.179 e. The summed E-state index contributed by atoms with van der Waals surface area (Å²) >= 11 is 6.12. The van der Waals surface area contributed by atoms with Crippen LogP contribution < -0.4 is 14.8 Å². The average molecular weight is 288 g/mol. The second kappa shape index (κ2) is 7.58. The van der Waals surface area contributed by atoms with Crippen molar-refractivity contribution in [1.29, 1.82) is 0 Å². The number of halogens is 1. The van der Waals surface area contributed by atoms with Crippen molar-refractivity contribution >= 4 is 11.6 Å². The van der Waals surface area contributed by atoms with Crippen LogP contribution in [0.3, 0.4) is 0 Å². The third-order valence-corrected chi connectivity index (χ3v) is 3.23. The van der Waals surface area contributed by atoms with Gasteiger partial charge in [0.2, 0.25) is 0 Å². The average Bonchev–Trinajstić information content (AvgIpc) is 2.37. The molecule has 0 aromatic heterocycles. The maximum atomic E-state index is 9.71. The number of ether oxygens (including phenoxy) is 2. The molecule has 0 aliphatic rings. The predicted molar refractivity (Wildman–Crippen MR) is 77.1 cm³/mol. The van der Waals surface area contributed by atoms with Crippen molar-refractivity contribution in [1.82, 2.24) is 5.32 Å². The van der Waals surface area contributed by atoms with E-state index in [1.165, 1.54) is 0 Å². The lowest BCUT2D eigenvalue weighted by Gasteiger charge is -2.16. The number of methoxy groups -OCH3 is 2. The van der Waals surface area contributed by atoms with Crippen LogP contribution in [-0.2, 0) is 6.54 Å². The molecule has 2 N–H and O–H groups in total. The fourth-order valence-corrected chi connectivity index (χ4v) is 1.98. The van der Waals surface area contributed by atoms with E-state index in [0.29, 0.717) is 29.6 Å². The molecule has 0 aliphatic heterocycles. The van der Waals surface area contributed by atoms with Gasteiger partial charge < -0.3 is 19.9 Å². The van der Waals surface area contributed by atoms with Gasteiger partial charge in [0.1, 0.15) is 0 Å². The Morgan fingerprint density at radius 3 is 2.47 bits per heavy atom. The normalized spacial score (nSPS) is 12.6. The Kier molecular flexibility index (Phi) is 6.42. The van der Waals surface area contributed by atoms with Gasteiger partial charge in [-0.15, -0.1) is 0 Å². The van der Waals surface area contributed by atoms with E-state index in [-0.39, 0.29) is 12.0 Å². The summed E-state index contributed by atoms with van der Waals surface area (Å²) in [5, 5.41) is 13.4. The first-order chi connectivity index (χ1) is 8.99. The molecule has 1 aromatic carbocycles. The van der Waals surface area contributed by atoms with E-state index in [1.54, 1.807) is 14.2 Å². The van der Waals surface area contributed by atoms with Crippen molar-refractivity contribution in [3.8, 4) is 11.5 Å². The summed E-state index contributed by atoms with van der Waals surface area (Å²) in [7, 11) is 3.13. The predicted octanol–water partition coefficient (Wildman–Crippen LogP) is 2.46. The van der Waals surface area contributed by atoms with E-state index in [9.17, 15) is 5.11 Å². The van der Waals surface area contributed by atoms with Crippen molar-refractivity contribution in [3.05, 3.63) is 22.7 Å². The van der Waals surface area contributed by atoms with Crippen LogP contribution in [0.5, 0.6) is 11.5 Å². The van der Waals surface area contributed by atoms with Crippen LogP contribution in [0, 0.1) is 5.92 Å². The van der Waals surface area contributed by atoms with Crippen molar-refractivity contribution in [2.75, 3.05) is 20.8 Å². The molecule has 4 nitrogen and oxygen atoms in total. The zero-order valence-electron chi connectivity index (χ0n) is 11.9. The fraction of sp³-hybridized carbons (Fsp3) is 0.571. The molecule has 1 aromatic rings. The van der Waals surface area contributed by atoms with Gasteiger partial charge in [-0.25, -0.2) is 0 Å². The van der Waals surface area contributed by atoms with Crippen LogP contribution in [0.15, 0.2) is 12.1 Å². The highest BCUT2D eigenvalue weighted by atomic mass is 35.5. The Morgan fingerprint density at radius 2 is 1.95 bits per heavy atom. The summed E-state index contributed by atoms with van der Waals surface area (Å²) < 4.78 is 10.4. The lowest BCUT2D eigenvalue weighted by Crippen LogP contribution is -2.30. The van der Waals surface area contributed by atoms with Gasteiger partial charge in [0.15, 0.2) is 11.5 Å². The molecule has 19 heavy (non-hydrogen) atoms. The molecule has 5 heteroatoms. The molecule has 0 bridgehead atoms. The number of hydrogen-bond donors (Lipinski definition) is 2. The first-order valence-corrected chi connectivity index (χ1v) is 6.66. The summed E-state index contributed by atoms with van der Waals surface area (Å²) in [4.78, 5) is 0. The van der Waals surface area contributed by atoms with E-state index in [0.717, 1.165) is 5.56 Å². The van der Waals surface area contributed by atoms with Gasteiger partial charge in [-0.2, -0.15) is 0 Å². The number of benzene rings is 1. The number of rotatable bonds is 7. The van der Waals surface area contributed by atoms with Crippen LogP contribution in [0.25, 0.3) is 0 Å². The van der Waals surface area contributed by atoms with Crippen molar-refractivity contribution < 1.29 is 14.6 Å². The highest BCUT2D eigenvalue weighted by Gasteiger charge is 2.12. The minimum absolute atomic E-state index is 0.237. The molecule has 0 spiro atoms. The lowest BCUT2D eigenvalue weighted by molar-refractivity contribution is 0.123. The summed E-state index contributed by atoms with van der Waals surface area (Å²) in [6, 6.07) is 3.71. The summed E-state index contributed by atoms with van der Waals surface area (Å²) in [5.41, 5.74) is 0.985. The van der Waals surface area contributed by atoms with Gasteiger partial charge in [-0.05, 0) is 23.6 Å². The molecule has 0 aliphatic carbocycles. The van der Waals surface area contributed by atoms with Crippen LogP contribution in [0.4, 0.5) is 0 Å². The summed E-state index contributed by atoms with van der Waals surface area (Å²) in [6.07, 6.45) is -0.351. The second-order valence-electron chi connectivity index (χ2n) is 4.76. The fourth-order valence-electron chi connectivity index (χ4n) is 1.67. The monoisotopic (exact) mass is 287 g/mol. The SMILES string of the molecule is COc1cc(CNCC(O)C(C)C)cc(Cl)c1OC. The maximum absolute atomic E-state index is 9.71. The second-order valence-corrected chi connectivity index (χ2v) is 5.16. The first kappa shape index (κ1) is 16.1. The Labute approximate surface area is 119 Å². The summed E-state index contributed by atoms with van der Waals surface area (Å²) in [6.45, 7) is 5.13. The van der Waals surface area contributed by atoms with Crippen LogP contribution >= 0.6 is 11.6 Å². The van der Waals surface area contributed by atoms with Crippen LogP contribution in [-0.4, -0.2) is 32.0 Å². The number of aliphatic hydroxyl groups is 1. The lowest BCUT2D eigenvalue weighted by atomic mass is 10.1. The van der Waals surface area contributed by atoms with E-state index in [4.69, 9.17) is 21.1 Å². The molecular weight excluding hydrogens is 266 g/mol. The van der Waals surface area contributed by atoms with E-state index >= 15 is 0 Å². The van der Waals surface area contributed by atoms with Gasteiger partial charge in [0.25, 0.3) is 0 Å². The number of nitrogens with one attached hydrogen (secondary N) is 1. The molecule has 1 atom stereocenters. The standard InChI is InChI=1S/C14H22ClNO3/c1-9(2)12(17)8-16-7-10-5-11(15)14(19-4)13(6-10)18-3/h5-6,9,12,16-17H,7-8H2,1-4H3. The molecule has 0 heterocycles. The van der Waals surface area contributed by atoms with E-state index in [2.05, 4.69) is 5.32 Å². The third kappa shape index (κ3) is 4.56. The molecule has 0 radical (unpaired) electrons. The number of aliphatic hydroxyl groups excluding tert-OH is 1. The Morgan fingerprint density at radius 1 is 1.26 bits per heavy atom. The zero-order valence-corrected chi connectivity index (χ0v) is 12.6. The van der Waals surface area contributed by atoms with Crippen LogP contribution in [0.1, 0.15) is 19.4 Å². The first-order valence-electron chi connectivity index (χ1n) is 6.28. The molecule has 0 fully saturated rings. The topological polar surface area (TPSA) is 50.7 Å². The van der Waals surface area contributed by atoms with Crippen LogP contribution in [0.2, 0.25) is 5.02 Å². The molecule has 0 saturated heterocycles. The van der Waals surface area contributed by atoms with Gasteiger partial charge in [0.05, 0.1) is 25.3 Å². The van der Waals surface area contributed by atoms with Gasteiger partial charge in [-0.3, -0.25) is 0 Å². The molecular formula is C14H22ClNO3. The molecule has 0 saturated carbocycles. The van der Waals surface area contributed by atoms with Crippen molar-refractivity contribution in [2.45, 2.75) is 26.5 Å². The van der Waals surface area contributed by atoms with Crippen molar-refractivity contribution in [2.24, 2.45) is 5.92 Å². The van der Waals surface area contributed by atoms with E-state index in [1.807, 2.05) is 26.0 Å². The number of hydrogen-bond acceptors (Lipinski definition) is 4. The van der Waals surface area contributed by atoms with Gasteiger partial charge in [-0.1, -0.05) is 25.4 Å². The van der Waals surface area contributed by atoms with E-state index < -0.39 is 0 Å². The minimum atomic E-state index is -0.351. The molecule has 0 amide bonds. The largest absolute Gasteiger partial charge is 0.493 e. The highest BCUT2D eigenvalue weighted by molar-refractivity contribution is 6.32. The Hall–Kier alpha value is -0.970. The zero-order chi connectivity index (χ0) is 14.4.